The minimum absolute atomic E-state index is 0.132. The molecule has 0 atom stereocenters. The van der Waals surface area contributed by atoms with Crippen LogP contribution in [-0.2, 0) is 13.2 Å². The second-order valence-corrected chi connectivity index (χ2v) is 8.49. The lowest BCUT2D eigenvalue weighted by atomic mass is 9.94. The topological polar surface area (TPSA) is 88.9 Å². The highest BCUT2D eigenvalue weighted by Crippen LogP contribution is 2.36. The third-order valence-electron chi connectivity index (χ3n) is 5.91. The van der Waals surface area contributed by atoms with E-state index in [1.807, 2.05) is 12.1 Å². The van der Waals surface area contributed by atoms with E-state index in [4.69, 9.17) is 31.1 Å². The predicted octanol–water partition coefficient (Wildman–Crippen LogP) is 5.54. The fourth-order valence-electron chi connectivity index (χ4n) is 4.18. The first-order chi connectivity index (χ1) is 17.5. The molecule has 2 N–H and O–H groups in total. The molecular weight excluding hydrogens is 483 g/mol. The molecule has 0 saturated carbocycles. The number of ether oxygens (including phenoxy) is 2. The third-order valence-corrected chi connectivity index (χ3v) is 6.14. The van der Waals surface area contributed by atoms with Crippen molar-refractivity contribution in [2.24, 2.45) is 4.99 Å². The van der Waals surface area contributed by atoms with E-state index in [-0.39, 0.29) is 18.7 Å². The van der Waals surface area contributed by atoms with Crippen LogP contribution in [0.4, 0.5) is 16.0 Å². The highest BCUT2D eigenvalue weighted by atomic mass is 35.5. The molecule has 2 heterocycles. The average molecular weight is 505 g/mol. The molecule has 1 aliphatic heterocycles. The molecule has 0 fully saturated rings. The fourth-order valence-corrected chi connectivity index (χ4v) is 4.36. The van der Waals surface area contributed by atoms with Crippen molar-refractivity contribution >= 4 is 28.9 Å². The monoisotopic (exact) mass is 504 g/mol. The molecular formula is C27H22ClFN4O3. The Morgan fingerprint density at radius 3 is 2.64 bits per heavy atom. The number of fused-ring (bicyclic) bond motifs is 3. The SMILES string of the molecule is COc1cc(Nc2ncc3c(n2)-c2ccc(Cl)cc2C(c2c(F)cccc2OC)=NC3)ccc1CO. The number of hydrogen-bond donors (Lipinski definition) is 2. The van der Waals surface area contributed by atoms with Gasteiger partial charge in [0, 0.05) is 45.2 Å². The van der Waals surface area contributed by atoms with Crippen LogP contribution in [0.25, 0.3) is 11.3 Å². The molecule has 36 heavy (non-hydrogen) atoms. The van der Waals surface area contributed by atoms with Crippen molar-refractivity contribution < 1.29 is 19.0 Å². The van der Waals surface area contributed by atoms with Gasteiger partial charge in [0.25, 0.3) is 0 Å². The number of benzene rings is 3. The maximum absolute atomic E-state index is 15.0. The molecule has 0 radical (unpaired) electrons. The molecule has 5 rings (SSSR count). The minimum Gasteiger partial charge on any atom is -0.496 e. The van der Waals surface area contributed by atoms with E-state index in [0.717, 1.165) is 11.1 Å². The maximum atomic E-state index is 15.0. The third kappa shape index (κ3) is 4.36. The molecule has 9 heteroatoms. The molecule has 182 valence electrons. The lowest BCUT2D eigenvalue weighted by Gasteiger charge is -2.15. The normalized spacial score (nSPS) is 12.2. The first-order valence-corrected chi connectivity index (χ1v) is 11.5. The van der Waals surface area contributed by atoms with Gasteiger partial charge in [0.2, 0.25) is 5.95 Å². The van der Waals surface area contributed by atoms with Crippen molar-refractivity contribution in [1.82, 2.24) is 9.97 Å². The summed E-state index contributed by atoms with van der Waals surface area (Å²) in [7, 11) is 3.04. The van der Waals surface area contributed by atoms with E-state index in [1.165, 1.54) is 13.2 Å². The number of rotatable bonds is 6. The zero-order valence-corrected chi connectivity index (χ0v) is 20.3. The van der Waals surface area contributed by atoms with Crippen LogP contribution in [0.2, 0.25) is 5.02 Å². The lowest BCUT2D eigenvalue weighted by Crippen LogP contribution is -2.09. The number of aliphatic imine (C=N–C) groups is 1. The van der Waals surface area contributed by atoms with Crippen LogP contribution in [0, 0.1) is 5.82 Å². The van der Waals surface area contributed by atoms with Gasteiger partial charge in [-0.25, -0.2) is 14.4 Å². The van der Waals surface area contributed by atoms with Gasteiger partial charge in [0.05, 0.1) is 44.3 Å². The summed E-state index contributed by atoms with van der Waals surface area (Å²) in [5.74, 6) is 0.840. The zero-order valence-electron chi connectivity index (χ0n) is 19.5. The number of nitrogens with zero attached hydrogens (tertiary/aromatic N) is 3. The van der Waals surface area contributed by atoms with Gasteiger partial charge in [-0.1, -0.05) is 29.8 Å². The molecule has 1 aliphatic rings. The molecule has 1 aromatic heterocycles. The van der Waals surface area contributed by atoms with E-state index in [2.05, 4.69) is 10.3 Å². The Morgan fingerprint density at radius 1 is 1.03 bits per heavy atom. The van der Waals surface area contributed by atoms with Crippen LogP contribution in [-0.4, -0.2) is 35.0 Å². The average Bonchev–Trinajstić information content (AvgIpc) is 3.04. The van der Waals surface area contributed by atoms with Crippen LogP contribution < -0.4 is 14.8 Å². The molecule has 0 bridgehead atoms. The van der Waals surface area contributed by atoms with Gasteiger partial charge in [0.15, 0.2) is 0 Å². The second kappa shape index (κ2) is 9.93. The molecule has 0 unspecified atom stereocenters. The van der Waals surface area contributed by atoms with E-state index in [9.17, 15) is 5.11 Å². The van der Waals surface area contributed by atoms with Crippen LogP contribution in [0.15, 0.2) is 65.8 Å². The summed E-state index contributed by atoms with van der Waals surface area (Å²) >= 11 is 6.36. The highest BCUT2D eigenvalue weighted by molar-refractivity contribution is 6.31. The lowest BCUT2D eigenvalue weighted by molar-refractivity contribution is 0.274. The summed E-state index contributed by atoms with van der Waals surface area (Å²) in [6.07, 6.45) is 1.70. The van der Waals surface area contributed by atoms with Crippen molar-refractivity contribution in [3.05, 3.63) is 93.9 Å². The van der Waals surface area contributed by atoms with Gasteiger partial charge in [-0.3, -0.25) is 4.99 Å². The number of aliphatic hydroxyl groups excluding tert-OH is 1. The Labute approximate surface area is 212 Å². The Balaban J connectivity index is 1.60. The summed E-state index contributed by atoms with van der Waals surface area (Å²) in [6, 6.07) is 15.4. The molecule has 0 saturated heterocycles. The summed E-state index contributed by atoms with van der Waals surface area (Å²) in [5.41, 5.74) is 4.89. The van der Waals surface area contributed by atoms with E-state index in [1.54, 1.807) is 49.7 Å². The predicted molar refractivity (Wildman–Crippen MR) is 137 cm³/mol. The summed E-state index contributed by atoms with van der Waals surface area (Å²) in [4.78, 5) is 14.0. The van der Waals surface area contributed by atoms with Gasteiger partial charge < -0.3 is 19.9 Å². The van der Waals surface area contributed by atoms with Gasteiger partial charge >= 0.3 is 0 Å². The van der Waals surface area contributed by atoms with Crippen LogP contribution in [0.5, 0.6) is 11.5 Å². The van der Waals surface area contributed by atoms with E-state index >= 15 is 4.39 Å². The maximum Gasteiger partial charge on any atom is 0.227 e. The Kier molecular flexibility index (Phi) is 6.54. The van der Waals surface area contributed by atoms with Gasteiger partial charge in [-0.2, -0.15) is 0 Å². The Morgan fingerprint density at radius 2 is 1.86 bits per heavy atom. The molecule has 0 spiro atoms. The van der Waals surface area contributed by atoms with Crippen molar-refractivity contribution in [3.8, 4) is 22.8 Å². The summed E-state index contributed by atoms with van der Waals surface area (Å²) in [5, 5.41) is 13.2. The van der Waals surface area contributed by atoms with Crippen molar-refractivity contribution in [1.29, 1.82) is 0 Å². The minimum atomic E-state index is -0.446. The quantitative estimate of drug-likeness (QED) is 0.358. The molecule has 3 aromatic carbocycles. The molecule has 7 nitrogen and oxygen atoms in total. The smallest absolute Gasteiger partial charge is 0.227 e. The van der Waals surface area contributed by atoms with Gasteiger partial charge in [-0.15, -0.1) is 0 Å². The zero-order chi connectivity index (χ0) is 25.2. The van der Waals surface area contributed by atoms with Gasteiger partial charge in [-0.05, 0) is 30.3 Å². The standard InChI is InChI=1S/C27H22ClFN4O3/c1-35-22-5-3-4-21(29)24(22)26-20-10-17(28)7-9-19(20)25-16(12-30-26)13-31-27(33-25)32-18-8-6-15(14-34)23(11-18)36-2/h3-11,13,34H,12,14H2,1-2H3,(H,31,32,33). The van der Waals surface area contributed by atoms with Crippen LogP contribution in [0.1, 0.15) is 22.3 Å². The second-order valence-electron chi connectivity index (χ2n) is 8.05. The van der Waals surface area contributed by atoms with Crippen molar-refractivity contribution in [2.45, 2.75) is 13.2 Å². The van der Waals surface area contributed by atoms with E-state index in [0.29, 0.717) is 50.7 Å². The number of aromatic nitrogens is 2. The largest absolute Gasteiger partial charge is 0.496 e. The van der Waals surface area contributed by atoms with Gasteiger partial charge in [0.1, 0.15) is 17.3 Å². The molecule has 0 amide bonds. The first kappa shape index (κ1) is 23.7. The number of nitrogens with one attached hydrogen (secondary N) is 1. The van der Waals surface area contributed by atoms with Crippen LogP contribution >= 0.6 is 11.6 Å². The fraction of sp³-hybridized carbons (Fsp3) is 0.148. The molecule has 0 aliphatic carbocycles. The number of aliphatic hydroxyl groups is 1. The summed E-state index contributed by atoms with van der Waals surface area (Å²) in [6.45, 7) is 0.112. The van der Waals surface area contributed by atoms with Crippen molar-refractivity contribution in [2.75, 3.05) is 19.5 Å². The van der Waals surface area contributed by atoms with E-state index < -0.39 is 5.82 Å². The number of methoxy groups -OCH3 is 2. The first-order valence-electron chi connectivity index (χ1n) is 11.1. The number of hydrogen-bond acceptors (Lipinski definition) is 7. The molecule has 4 aromatic rings. The summed E-state index contributed by atoms with van der Waals surface area (Å²) < 4.78 is 25.8. The number of anilines is 2. The number of halogens is 2. The van der Waals surface area contributed by atoms with Crippen molar-refractivity contribution in [3.63, 3.8) is 0 Å². The highest BCUT2D eigenvalue weighted by Gasteiger charge is 2.25. The van der Waals surface area contributed by atoms with Crippen LogP contribution in [0.3, 0.4) is 0 Å². The Bertz CT molecular complexity index is 1490. The Hall–Kier alpha value is -4.01.